The summed E-state index contributed by atoms with van der Waals surface area (Å²) in [5, 5.41) is 0. The topological polar surface area (TPSA) is 17.8 Å². The van der Waals surface area contributed by atoms with Crippen molar-refractivity contribution in [2.24, 2.45) is 0 Å². The average Bonchev–Trinajstić information content (AvgIpc) is 2.77. The van der Waals surface area contributed by atoms with Crippen LogP contribution < -0.4 is 0 Å². The van der Waals surface area contributed by atoms with E-state index in [0.29, 0.717) is 11.3 Å². The summed E-state index contributed by atoms with van der Waals surface area (Å²) in [4.78, 5) is 3.93. The number of nitrogens with zero attached hydrogens (tertiary/aromatic N) is 2. The summed E-state index contributed by atoms with van der Waals surface area (Å²) in [5.74, 6) is 0. The third-order valence-corrected chi connectivity index (χ3v) is 2.45. The van der Waals surface area contributed by atoms with Crippen molar-refractivity contribution in [3.8, 4) is 5.69 Å². The molecule has 0 saturated carbocycles. The predicted octanol–water partition coefficient (Wildman–Crippen LogP) is 4.53. The molecule has 2 aromatic rings. The van der Waals surface area contributed by atoms with Crippen molar-refractivity contribution in [2.45, 2.75) is 33.9 Å². The Balaban J connectivity index is 0.000000861. The van der Waals surface area contributed by atoms with Gasteiger partial charge in [0.15, 0.2) is 0 Å². The van der Waals surface area contributed by atoms with Crippen LogP contribution in [0.4, 0.5) is 13.2 Å². The Morgan fingerprint density at radius 1 is 1.11 bits per heavy atom. The fraction of sp³-hybridized carbons (Fsp3) is 0.357. The van der Waals surface area contributed by atoms with Crippen molar-refractivity contribution >= 4 is 0 Å². The summed E-state index contributed by atoms with van der Waals surface area (Å²) in [6, 6.07) is 4.25. The van der Waals surface area contributed by atoms with Gasteiger partial charge in [0.2, 0.25) is 0 Å². The van der Waals surface area contributed by atoms with Gasteiger partial charge in [-0.05, 0) is 26.0 Å². The van der Waals surface area contributed by atoms with Gasteiger partial charge >= 0.3 is 6.18 Å². The van der Waals surface area contributed by atoms with Crippen LogP contribution in [-0.4, -0.2) is 9.55 Å². The summed E-state index contributed by atoms with van der Waals surface area (Å²) in [5.41, 5.74) is 0.718. The van der Waals surface area contributed by atoms with E-state index < -0.39 is 11.7 Å². The lowest BCUT2D eigenvalue weighted by Crippen LogP contribution is -2.10. The zero-order chi connectivity index (χ0) is 14.6. The Morgan fingerprint density at radius 3 is 2.21 bits per heavy atom. The van der Waals surface area contributed by atoms with E-state index in [-0.39, 0.29) is 5.69 Å². The van der Waals surface area contributed by atoms with Gasteiger partial charge < -0.3 is 4.57 Å². The highest BCUT2D eigenvalue weighted by Crippen LogP contribution is 2.34. The molecule has 0 saturated heterocycles. The molecule has 104 valence electrons. The smallest absolute Gasteiger partial charge is 0.305 e. The van der Waals surface area contributed by atoms with E-state index in [0.717, 1.165) is 6.07 Å². The molecule has 0 amide bonds. The molecule has 2 rings (SSSR count). The fourth-order valence-electron chi connectivity index (χ4n) is 1.66. The molecule has 0 radical (unpaired) electrons. The number of aryl methyl sites for hydroxylation is 2. The Morgan fingerprint density at radius 2 is 1.74 bits per heavy atom. The molecule has 1 aromatic heterocycles. The van der Waals surface area contributed by atoms with Gasteiger partial charge in [0, 0.05) is 6.20 Å². The van der Waals surface area contributed by atoms with E-state index in [2.05, 4.69) is 4.98 Å². The zero-order valence-corrected chi connectivity index (χ0v) is 11.4. The molecule has 0 aliphatic rings. The number of rotatable bonds is 1. The largest absolute Gasteiger partial charge is 0.418 e. The first-order chi connectivity index (χ1) is 8.88. The lowest BCUT2D eigenvalue weighted by Gasteiger charge is -2.13. The maximum absolute atomic E-state index is 12.9. The fourth-order valence-corrected chi connectivity index (χ4v) is 1.66. The molecule has 0 aliphatic carbocycles. The molecule has 1 aromatic carbocycles. The SMILES string of the molecule is CC.Cc1ccc(-n2cnc(C)c2)c(C(F)(F)F)c1. The van der Waals surface area contributed by atoms with Crippen LogP contribution in [0.2, 0.25) is 0 Å². The second kappa shape index (κ2) is 5.91. The first kappa shape index (κ1) is 15.3. The van der Waals surface area contributed by atoms with Crippen LogP contribution in [0, 0.1) is 13.8 Å². The molecule has 0 aliphatic heterocycles. The van der Waals surface area contributed by atoms with Crippen LogP contribution in [0.1, 0.15) is 30.7 Å². The monoisotopic (exact) mass is 270 g/mol. The third-order valence-electron chi connectivity index (χ3n) is 2.45. The molecule has 0 spiro atoms. The molecule has 0 fully saturated rings. The van der Waals surface area contributed by atoms with E-state index in [1.165, 1.54) is 17.0 Å². The highest BCUT2D eigenvalue weighted by Gasteiger charge is 2.34. The van der Waals surface area contributed by atoms with Crippen molar-refractivity contribution in [3.63, 3.8) is 0 Å². The number of halogens is 3. The van der Waals surface area contributed by atoms with Crippen molar-refractivity contribution in [3.05, 3.63) is 47.5 Å². The van der Waals surface area contributed by atoms with Gasteiger partial charge in [-0.1, -0.05) is 25.5 Å². The highest BCUT2D eigenvalue weighted by atomic mass is 19.4. The van der Waals surface area contributed by atoms with Gasteiger partial charge in [-0.25, -0.2) is 4.98 Å². The molecule has 1 heterocycles. The Bertz CT molecular complexity index is 542. The van der Waals surface area contributed by atoms with E-state index in [4.69, 9.17) is 0 Å². The average molecular weight is 270 g/mol. The number of alkyl halides is 3. The van der Waals surface area contributed by atoms with Crippen LogP contribution in [0.15, 0.2) is 30.7 Å². The van der Waals surface area contributed by atoms with E-state index >= 15 is 0 Å². The minimum Gasteiger partial charge on any atom is -0.305 e. The highest BCUT2D eigenvalue weighted by molar-refractivity contribution is 5.45. The molecule has 0 unspecified atom stereocenters. The molecular formula is C14H17F3N2. The van der Waals surface area contributed by atoms with Crippen LogP contribution in [0.5, 0.6) is 0 Å². The normalized spacial score (nSPS) is 10.9. The molecule has 5 heteroatoms. The summed E-state index contributed by atoms with van der Waals surface area (Å²) in [7, 11) is 0. The van der Waals surface area contributed by atoms with E-state index in [1.54, 1.807) is 26.1 Å². The van der Waals surface area contributed by atoms with Gasteiger partial charge in [0.1, 0.15) is 0 Å². The first-order valence-electron chi connectivity index (χ1n) is 6.07. The van der Waals surface area contributed by atoms with Crippen molar-refractivity contribution in [2.75, 3.05) is 0 Å². The van der Waals surface area contributed by atoms with E-state index in [1.807, 2.05) is 13.8 Å². The second-order valence-corrected chi connectivity index (χ2v) is 3.94. The Kier molecular flexibility index (Phi) is 4.75. The Hall–Kier alpha value is -1.78. The number of imidazole rings is 1. The number of hydrogen-bond donors (Lipinski definition) is 0. The summed E-state index contributed by atoms with van der Waals surface area (Å²) in [6.07, 6.45) is -1.41. The Labute approximate surface area is 110 Å². The quantitative estimate of drug-likeness (QED) is 0.744. The molecule has 0 N–H and O–H groups in total. The van der Waals surface area contributed by atoms with Crippen LogP contribution in [0.25, 0.3) is 5.69 Å². The van der Waals surface area contributed by atoms with Crippen LogP contribution in [0.3, 0.4) is 0 Å². The maximum atomic E-state index is 12.9. The van der Waals surface area contributed by atoms with Gasteiger partial charge in [0.05, 0.1) is 23.3 Å². The lowest BCUT2D eigenvalue weighted by molar-refractivity contribution is -0.137. The summed E-state index contributed by atoms with van der Waals surface area (Å²) >= 11 is 0. The third kappa shape index (κ3) is 3.59. The van der Waals surface area contributed by atoms with Crippen LogP contribution >= 0.6 is 0 Å². The molecular weight excluding hydrogens is 253 g/mol. The van der Waals surface area contributed by atoms with Gasteiger partial charge in [0.25, 0.3) is 0 Å². The molecule has 0 bridgehead atoms. The molecule has 0 atom stereocenters. The van der Waals surface area contributed by atoms with Crippen molar-refractivity contribution in [1.82, 2.24) is 9.55 Å². The van der Waals surface area contributed by atoms with Crippen LogP contribution in [-0.2, 0) is 6.18 Å². The van der Waals surface area contributed by atoms with Gasteiger partial charge in [-0.15, -0.1) is 0 Å². The number of benzene rings is 1. The van der Waals surface area contributed by atoms with E-state index in [9.17, 15) is 13.2 Å². The number of aromatic nitrogens is 2. The minimum absolute atomic E-state index is 0.101. The summed E-state index contributed by atoms with van der Waals surface area (Å²) in [6.45, 7) is 7.37. The number of hydrogen-bond acceptors (Lipinski definition) is 1. The molecule has 19 heavy (non-hydrogen) atoms. The first-order valence-corrected chi connectivity index (χ1v) is 6.07. The predicted molar refractivity (Wildman–Crippen MR) is 69.4 cm³/mol. The summed E-state index contributed by atoms with van der Waals surface area (Å²) < 4.78 is 40.0. The van der Waals surface area contributed by atoms with Gasteiger partial charge in [-0.3, -0.25) is 0 Å². The van der Waals surface area contributed by atoms with Crippen molar-refractivity contribution in [1.29, 1.82) is 0 Å². The minimum atomic E-state index is -4.36. The standard InChI is InChI=1S/C12H11F3N2.C2H6/c1-8-3-4-11(10(5-8)12(13,14)15)17-6-9(2)16-7-17;1-2/h3-7H,1-2H3;1-2H3. The second-order valence-electron chi connectivity index (χ2n) is 3.94. The van der Waals surface area contributed by atoms with Gasteiger partial charge in [-0.2, -0.15) is 13.2 Å². The van der Waals surface area contributed by atoms with Crippen molar-refractivity contribution < 1.29 is 13.2 Å². The molecule has 2 nitrogen and oxygen atoms in total. The zero-order valence-electron chi connectivity index (χ0n) is 11.4. The lowest BCUT2D eigenvalue weighted by atomic mass is 10.1. The maximum Gasteiger partial charge on any atom is 0.418 e.